The second-order valence-electron chi connectivity index (χ2n) is 6.69. The van der Waals surface area contributed by atoms with Crippen LogP contribution in [0, 0.1) is 10.1 Å². The number of carbonyl (C=O) groups excluding carboxylic acids is 1. The molecule has 2 aromatic carbocycles. The van der Waals surface area contributed by atoms with Crippen molar-refractivity contribution in [2.24, 2.45) is 10.2 Å². The van der Waals surface area contributed by atoms with Crippen molar-refractivity contribution in [3.8, 4) is 11.1 Å². The van der Waals surface area contributed by atoms with Crippen LogP contribution in [-0.2, 0) is 14.8 Å². The van der Waals surface area contributed by atoms with E-state index in [2.05, 4.69) is 14.9 Å². The molecular formula is C19H18N4O5S2. The van der Waals surface area contributed by atoms with Crippen molar-refractivity contribution in [1.29, 1.82) is 0 Å². The van der Waals surface area contributed by atoms with E-state index in [9.17, 15) is 23.3 Å². The van der Waals surface area contributed by atoms with Crippen molar-refractivity contribution in [2.45, 2.75) is 13.3 Å². The number of nitro benzene ring substituents is 1. The van der Waals surface area contributed by atoms with Crippen LogP contribution in [-0.4, -0.2) is 41.9 Å². The molecule has 0 aromatic heterocycles. The van der Waals surface area contributed by atoms with Gasteiger partial charge in [0.15, 0.2) is 0 Å². The van der Waals surface area contributed by atoms with E-state index in [1.807, 2.05) is 0 Å². The maximum Gasteiger partial charge on any atom is 0.270 e. The quantitative estimate of drug-likeness (QED) is 0.512. The van der Waals surface area contributed by atoms with Crippen LogP contribution in [0.25, 0.3) is 11.1 Å². The third kappa shape index (κ3) is 5.74. The number of non-ortho nitro benzene ring substituents is 1. The van der Waals surface area contributed by atoms with Gasteiger partial charge in [0.2, 0.25) is 10.0 Å². The normalized spacial score (nSPS) is 13.5. The van der Waals surface area contributed by atoms with Gasteiger partial charge in [0, 0.05) is 29.8 Å². The van der Waals surface area contributed by atoms with Gasteiger partial charge >= 0.3 is 0 Å². The van der Waals surface area contributed by atoms with Gasteiger partial charge in [-0.25, -0.2) is 8.42 Å². The first-order valence-corrected chi connectivity index (χ1v) is 11.6. The summed E-state index contributed by atoms with van der Waals surface area (Å²) in [6.45, 7) is 1.49. The zero-order valence-corrected chi connectivity index (χ0v) is 17.8. The highest BCUT2D eigenvalue weighted by atomic mass is 32.2. The van der Waals surface area contributed by atoms with Crippen molar-refractivity contribution >= 4 is 49.7 Å². The number of rotatable bonds is 7. The third-order valence-corrected chi connectivity index (χ3v) is 5.74. The highest BCUT2D eigenvalue weighted by molar-refractivity contribution is 8.14. The summed E-state index contributed by atoms with van der Waals surface area (Å²) in [5, 5.41) is 20.3. The Bertz CT molecular complexity index is 1170. The lowest BCUT2D eigenvalue weighted by molar-refractivity contribution is -0.384. The fourth-order valence-corrected chi connectivity index (χ4v) is 4.02. The largest absolute Gasteiger partial charge is 0.299 e. The molecule has 30 heavy (non-hydrogen) atoms. The number of benzene rings is 2. The Kier molecular flexibility index (Phi) is 6.32. The minimum Gasteiger partial charge on any atom is -0.299 e. The summed E-state index contributed by atoms with van der Waals surface area (Å²) in [7, 11) is -3.40. The number of nitrogens with one attached hydrogen (secondary N) is 1. The lowest BCUT2D eigenvalue weighted by atomic mass is 9.99. The Balaban J connectivity index is 1.87. The van der Waals surface area contributed by atoms with Gasteiger partial charge in [0.05, 0.1) is 22.6 Å². The lowest BCUT2D eigenvalue weighted by Gasteiger charge is -2.08. The summed E-state index contributed by atoms with van der Waals surface area (Å²) >= 11 is 1.30. The summed E-state index contributed by atoms with van der Waals surface area (Å²) in [6.07, 6.45) is 1.46. The van der Waals surface area contributed by atoms with E-state index in [0.717, 1.165) is 6.26 Å². The van der Waals surface area contributed by atoms with Crippen molar-refractivity contribution in [3.63, 3.8) is 0 Å². The van der Waals surface area contributed by atoms with E-state index < -0.39 is 14.9 Å². The Labute approximate surface area is 177 Å². The molecule has 3 rings (SSSR count). The monoisotopic (exact) mass is 446 g/mol. The van der Waals surface area contributed by atoms with Gasteiger partial charge in [-0.15, -0.1) is 16.9 Å². The molecule has 1 heterocycles. The van der Waals surface area contributed by atoms with Crippen molar-refractivity contribution in [3.05, 3.63) is 58.1 Å². The van der Waals surface area contributed by atoms with Gasteiger partial charge in [0.1, 0.15) is 10.8 Å². The number of nitro groups is 1. The summed E-state index contributed by atoms with van der Waals surface area (Å²) in [5.74, 6) is 0.331. The average Bonchev–Trinajstić information content (AvgIpc) is 3.14. The van der Waals surface area contributed by atoms with Crippen LogP contribution in [0.5, 0.6) is 0 Å². The molecule has 0 bridgehead atoms. The molecule has 1 N–H and O–H groups in total. The Hall–Kier alpha value is -3.05. The van der Waals surface area contributed by atoms with Crippen LogP contribution in [0.1, 0.15) is 18.9 Å². The number of ketones is 1. The Morgan fingerprint density at radius 1 is 1.13 bits per heavy atom. The topological polar surface area (TPSA) is 131 Å². The molecule has 0 unspecified atom stereocenters. The molecule has 0 spiro atoms. The average molecular weight is 447 g/mol. The number of anilines is 1. The number of nitrogens with zero attached hydrogens (tertiary/aromatic N) is 3. The molecule has 0 fully saturated rings. The van der Waals surface area contributed by atoms with Crippen molar-refractivity contribution in [1.82, 2.24) is 0 Å². The van der Waals surface area contributed by atoms with Gasteiger partial charge in [-0.1, -0.05) is 12.1 Å². The third-order valence-electron chi connectivity index (χ3n) is 4.03. The number of Topliss-reactive ketones (excluding diaryl/α,β-unsaturated/α-hetero) is 1. The minimum absolute atomic E-state index is 0.0302. The molecule has 11 heteroatoms. The van der Waals surface area contributed by atoms with Gasteiger partial charge in [0.25, 0.3) is 5.69 Å². The van der Waals surface area contributed by atoms with Gasteiger partial charge in [-0.3, -0.25) is 19.6 Å². The lowest BCUT2D eigenvalue weighted by Crippen LogP contribution is -2.09. The molecule has 0 atom stereocenters. The van der Waals surface area contributed by atoms with Crippen LogP contribution >= 0.6 is 11.8 Å². The predicted molar refractivity (Wildman–Crippen MR) is 119 cm³/mol. The zero-order valence-electron chi connectivity index (χ0n) is 16.2. The molecule has 0 saturated carbocycles. The highest BCUT2D eigenvalue weighted by Gasteiger charge is 2.19. The van der Waals surface area contributed by atoms with E-state index in [0.29, 0.717) is 45.3 Å². The molecule has 0 saturated heterocycles. The van der Waals surface area contributed by atoms with Crippen LogP contribution < -0.4 is 4.72 Å². The van der Waals surface area contributed by atoms with E-state index in [-0.39, 0.29) is 11.5 Å². The first-order valence-electron chi connectivity index (χ1n) is 8.74. The number of carbonyl (C=O) groups is 1. The smallest absolute Gasteiger partial charge is 0.270 e. The second-order valence-corrected chi connectivity index (χ2v) is 9.48. The highest BCUT2D eigenvalue weighted by Crippen LogP contribution is 2.29. The Morgan fingerprint density at radius 3 is 2.40 bits per heavy atom. The van der Waals surface area contributed by atoms with Crippen LogP contribution in [0.2, 0.25) is 0 Å². The molecule has 1 aliphatic heterocycles. The fourth-order valence-electron chi connectivity index (χ4n) is 2.75. The van der Waals surface area contributed by atoms with E-state index in [1.165, 1.54) is 30.8 Å². The second kappa shape index (κ2) is 8.76. The van der Waals surface area contributed by atoms with Crippen LogP contribution in [0.4, 0.5) is 11.4 Å². The van der Waals surface area contributed by atoms with E-state index in [4.69, 9.17) is 0 Å². The molecular weight excluding hydrogens is 428 g/mol. The first kappa shape index (κ1) is 21.7. The zero-order chi connectivity index (χ0) is 21.9. The van der Waals surface area contributed by atoms with Gasteiger partial charge in [-0.2, -0.15) is 5.10 Å². The fraction of sp³-hybridized carbons (Fsp3) is 0.211. The maximum atomic E-state index is 11.4. The SMILES string of the molecule is CC(=O)CSC1=NN=C(c2cc(-c3ccc(NS(C)(=O)=O)cc3)cc([N+](=O)[O-])c2)C1. The predicted octanol–water partition coefficient (Wildman–Crippen LogP) is 3.46. The van der Waals surface area contributed by atoms with Crippen LogP contribution in [0.15, 0.2) is 52.7 Å². The molecule has 0 radical (unpaired) electrons. The summed E-state index contributed by atoms with van der Waals surface area (Å²) in [4.78, 5) is 22.1. The minimum atomic E-state index is -3.40. The molecule has 1 aliphatic rings. The van der Waals surface area contributed by atoms with E-state index >= 15 is 0 Å². The van der Waals surface area contributed by atoms with Crippen LogP contribution in [0.3, 0.4) is 0 Å². The number of hydrogen-bond acceptors (Lipinski definition) is 8. The molecule has 2 aromatic rings. The maximum absolute atomic E-state index is 11.4. The van der Waals surface area contributed by atoms with Gasteiger partial charge < -0.3 is 0 Å². The van der Waals surface area contributed by atoms with Crippen molar-refractivity contribution in [2.75, 3.05) is 16.7 Å². The number of sulfonamides is 1. The summed E-state index contributed by atoms with van der Waals surface area (Å²) in [6, 6.07) is 11.2. The standard InChI is InChI=1S/C19H18N4O5S2/c1-12(24)11-29-19-10-18(20-21-19)15-7-14(8-17(9-15)23(25)26)13-3-5-16(6-4-13)22-30(2,27)28/h3-9,22H,10-11H2,1-2H3. The molecule has 0 amide bonds. The Morgan fingerprint density at radius 2 is 1.80 bits per heavy atom. The first-order chi connectivity index (χ1) is 14.1. The summed E-state index contributed by atoms with van der Waals surface area (Å²) in [5.41, 5.74) is 2.74. The van der Waals surface area contributed by atoms with Crippen molar-refractivity contribution < 1.29 is 18.1 Å². The van der Waals surface area contributed by atoms with Gasteiger partial charge in [-0.05, 0) is 36.2 Å². The summed E-state index contributed by atoms with van der Waals surface area (Å²) < 4.78 is 25.1. The molecule has 9 nitrogen and oxygen atoms in total. The number of hydrogen-bond donors (Lipinski definition) is 1. The number of thioether (sulfide) groups is 1. The molecule has 156 valence electrons. The van der Waals surface area contributed by atoms with E-state index in [1.54, 1.807) is 30.3 Å². The molecule has 0 aliphatic carbocycles.